The van der Waals surface area contributed by atoms with Crippen LogP contribution in [0.5, 0.6) is 0 Å². The third-order valence-electron chi connectivity index (χ3n) is 1.92. The van der Waals surface area contributed by atoms with Crippen LogP contribution in [0, 0.1) is 0 Å². The van der Waals surface area contributed by atoms with Crippen LogP contribution in [-0.4, -0.2) is 10.5 Å². The molecule has 0 saturated heterocycles. The summed E-state index contributed by atoms with van der Waals surface area (Å²) in [5, 5.41) is 6.21. The molecule has 0 aliphatic carbocycles. The van der Waals surface area contributed by atoms with Gasteiger partial charge < -0.3 is 5.32 Å². The van der Waals surface area contributed by atoms with Crippen molar-refractivity contribution in [3.63, 3.8) is 0 Å². The minimum Gasteiger partial charge on any atom is -0.357 e. The highest BCUT2D eigenvalue weighted by atomic mass is 35.5. The maximum Gasteiger partial charge on any atom is 0.183 e. The lowest BCUT2D eigenvalue weighted by Gasteiger charge is -2.19. The summed E-state index contributed by atoms with van der Waals surface area (Å²) in [4.78, 5) is 4.51. The number of aromatic nitrogens is 1. The smallest absolute Gasteiger partial charge is 0.183 e. The normalized spacial score (nSPS) is 11.8. The van der Waals surface area contributed by atoms with Crippen molar-refractivity contribution >= 4 is 51.0 Å². The molecule has 0 spiro atoms. The monoisotopic (exact) mass is 306 g/mol. The molecule has 2 heterocycles. The van der Waals surface area contributed by atoms with E-state index in [-0.39, 0.29) is 5.54 Å². The number of nitrogens with zero attached hydrogens (tertiary/aromatic N) is 1. The summed E-state index contributed by atoms with van der Waals surface area (Å²) in [6.45, 7) is 6.30. The van der Waals surface area contributed by atoms with Crippen LogP contribution in [0.1, 0.15) is 20.8 Å². The van der Waals surface area contributed by atoms with E-state index in [2.05, 4.69) is 31.1 Å². The fraction of sp³-hybridized carbons (Fsp3) is 0.364. The first-order valence-corrected chi connectivity index (χ1v) is 7.49. The predicted octanol–water partition coefficient (Wildman–Crippen LogP) is 5.39. The number of anilines is 1. The quantitative estimate of drug-likeness (QED) is 0.804. The first kappa shape index (κ1) is 13.1. The molecule has 2 nitrogen and oxygen atoms in total. The highest BCUT2D eigenvalue weighted by Crippen LogP contribution is 2.39. The zero-order valence-corrected chi connectivity index (χ0v) is 12.8. The predicted molar refractivity (Wildman–Crippen MR) is 78.8 cm³/mol. The number of thiazole rings is 1. The van der Waals surface area contributed by atoms with E-state index in [1.807, 2.05) is 11.4 Å². The van der Waals surface area contributed by atoms with Crippen LogP contribution in [0.4, 0.5) is 5.13 Å². The number of thiophene rings is 1. The van der Waals surface area contributed by atoms with Gasteiger partial charge in [0.05, 0.1) is 10.0 Å². The molecule has 0 fully saturated rings. The Labute approximate surface area is 119 Å². The lowest BCUT2D eigenvalue weighted by Crippen LogP contribution is -2.25. The van der Waals surface area contributed by atoms with E-state index in [1.54, 1.807) is 11.3 Å². The topological polar surface area (TPSA) is 24.9 Å². The Morgan fingerprint density at radius 2 is 2.00 bits per heavy atom. The number of halogens is 2. The molecule has 1 N–H and O–H groups in total. The van der Waals surface area contributed by atoms with Gasteiger partial charge in [-0.2, -0.15) is 0 Å². The Bertz CT molecular complexity index is 526. The minimum absolute atomic E-state index is 0.00517. The molecule has 0 aliphatic heterocycles. The van der Waals surface area contributed by atoms with E-state index in [1.165, 1.54) is 11.3 Å². The van der Waals surface area contributed by atoms with Gasteiger partial charge in [-0.25, -0.2) is 4.98 Å². The van der Waals surface area contributed by atoms with Crippen LogP contribution >= 0.6 is 45.9 Å². The molecule has 0 bridgehead atoms. The molecular formula is C11H12Cl2N2S2. The number of nitrogens with one attached hydrogen (secondary N) is 1. The van der Waals surface area contributed by atoms with E-state index >= 15 is 0 Å². The van der Waals surface area contributed by atoms with Gasteiger partial charge in [-0.05, 0) is 26.8 Å². The number of hydrogen-bond donors (Lipinski definition) is 1. The molecule has 0 atom stereocenters. The molecule has 6 heteroatoms. The summed E-state index contributed by atoms with van der Waals surface area (Å²) < 4.78 is 1.37. The summed E-state index contributed by atoms with van der Waals surface area (Å²) in [6.07, 6.45) is 0. The Morgan fingerprint density at radius 1 is 1.29 bits per heavy atom. The second-order valence-corrected chi connectivity index (χ2v) is 7.79. The van der Waals surface area contributed by atoms with Gasteiger partial charge in [0.1, 0.15) is 4.34 Å². The van der Waals surface area contributed by atoms with Gasteiger partial charge in [0.25, 0.3) is 0 Å². The number of rotatable bonds is 2. The van der Waals surface area contributed by atoms with Crippen LogP contribution in [0.15, 0.2) is 11.4 Å². The van der Waals surface area contributed by atoms with Gasteiger partial charge in [-0.1, -0.05) is 23.2 Å². The second kappa shape index (κ2) is 4.76. The standard InChI is InChI=1S/C11H12Cl2N2S2/c1-11(2,3)15-10-14-7(5-16-10)6-4-8(12)17-9(6)13/h4-5H,1-3H3,(H,14,15). The van der Waals surface area contributed by atoms with E-state index in [9.17, 15) is 0 Å². The summed E-state index contributed by atoms with van der Waals surface area (Å²) >= 11 is 15.0. The van der Waals surface area contributed by atoms with Crippen LogP contribution in [-0.2, 0) is 0 Å². The van der Waals surface area contributed by atoms with Crippen molar-refractivity contribution in [3.05, 3.63) is 20.1 Å². The van der Waals surface area contributed by atoms with Crippen molar-refractivity contribution in [2.24, 2.45) is 0 Å². The molecule has 0 unspecified atom stereocenters. The average molecular weight is 307 g/mol. The zero-order chi connectivity index (χ0) is 12.6. The lowest BCUT2D eigenvalue weighted by molar-refractivity contribution is 0.633. The Kier molecular flexibility index (Phi) is 3.69. The SMILES string of the molecule is CC(C)(C)Nc1nc(-c2cc(Cl)sc2Cl)cs1. The number of hydrogen-bond acceptors (Lipinski definition) is 4. The molecular weight excluding hydrogens is 295 g/mol. The van der Waals surface area contributed by atoms with E-state index in [4.69, 9.17) is 23.2 Å². The van der Waals surface area contributed by atoms with Crippen molar-refractivity contribution < 1.29 is 0 Å². The highest BCUT2D eigenvalue weighted by Gasteiger charge is 2.15. The Balaban J connectivity index is 2.27. The van der Waals surface area contributed by atoms with E-state index in [0.29, 0.717) is 8.67 Å². The third kappa shape index (κ3) is 3.35. The minimum atomic E-state index is 0.00517. The lowest BCUT2D eigenvalue weighted by atomic mass is 10.1. The van der Waals surface area contributed by atoms with Gasteiger partial charge in [0.15, 0.2) is 5.13 Å². The molecule has 2 rings (SSSR count). The van der Waals surface area contributed by atoms with Crippen molar-refractivity contribution in [2.75, 3.05) is 5.32 Å². The summed E-state index contributed by atoms with van der Waals surface area (Å²) in [5.41, 5.74) is 1.78. The molecule has 2 aromatic rings. The van der Waals surface area contributed by atoms with Gasteiger partial charge >= 0.3 is 0 Å². The van der Waals surface area contributed by atoms with Crippen molar-refractivity contribution in [1.82, 2.24) is 4.98 Å². The molecule has 2 aromatic heterocycles. The van der Waals surface area contributed by atoms with Crippen molar-refractivity contribution in [2.45, 2.75) is 26.3 Å². The molecule has 0 saturated carbocycles. The first-order valence-electron chi connectivity index (χ1n) is 5.04. The average Bonchev–Trinajstić information content (AvgIpc) is 2.70. The molecule has 17 heavy (non-hydrogen) atoms. The molecule has 92 valence electrons. The molecule has 0 aromatic carbocycles. The van der Waals surface area contributed by atoms with Crippen molar-refractivity contribution in [3.8, 4) is 11.3 Å². The molecule has 0 aliphatic rings. The van der Waals surface area contributed by atoms with Crippen LogP contribution in [0.25, 0.3) is 11.3 Å². The molecule has 0 amide bonds. The first-order chi connectivity index (χ1) is 7.85. The van der Waals surface area contributed by atoms with E-state index < -0.39 is 0 Å². The molecule has 0 radical (unpaired) electrons. The largest absolute Gasteiger partial charge is 0.357 e. The van der Waals surface area contributed by atoms with E-state index in [0.717, 1.165) is 16.4 Å². The fourth-order valence-corrected chi connectivity index (χ4v) is 3.69. The maximum absolute atomic E-state index is 6.10. The zero-order valence-electron chi connectivity index (χ0n) is 9.67. The Hall–Kier alpha value is -0.290. The summed E-state index contributed by atoms with van der Waals surface area (Å²) in [5.74, 6) is 0. The Morgan fingerprint density at radius 3 is 2.53 bits per heavy atom. The van der Waals surface area contributed by atoms with Crippen molar-refractivity contribution in [1.29, 1.82) is 0 Å². The summed E-state index contributed by atoms with van der Waals surface area (Å²) in [6, 6.07) is 1.85. The van der Waals surface area contributed by atoms with Gasteiger partial charge in [0.2, 0.25) is 0 Å². The third-order valence-corrected chi connectivity index (χ3v) is 4.16. The second-order valence-electron chi connectivity index (χ2n) is 4.65. The van der Waals surface area contributed by atoms with Crippen LogP contribution in [0.3, 0.4) is 0 Å². The van der Waals surface area contributed by atoms with Gasteiger partial charge in [-0.3, -0.25) is 0 Å². The highest BCUT2D eigenvalue weighted by molar-refractivity contribution is 7.20. The van der Waals surface area contributed by atoms with Gasteiger partial charge in [0, 0.05) is 16.5 Å². The fourth-order valence-electron chi connectivity index (χ4n) is 1.29. The maximum atomic E-state index is 6.10. The summed E-state index contributed by atoms with van der Waals surface area (Å²) in [7, 11) is 0. The van der Waals surface area contributed by atoms with Gasteiger partial charge in [-0.15, -0.1) is 22.7 Å². The van der Waals surface area contributed by atoms with Crippen LogP contribution < -0.4 is 5.32 Å². The van der Waals surface area contributed by atoms with Crippen LogP contribution in [0.2, 0.25) is 8.67 Å².